The van der Waals surface area contributed by atoms with Crippen molar-refractivity contribution in [2.24, 2.45) is 0 Å². The summed E-state index contributed by atoms with van der Waals surface area (Å²) in [4.78, 5) is 12.3. The van der Waals surface area contributed by atoms with Crippen LogP contribution >= 0.6 is 15.9 Å². The fourth-order valence-corrected chi connectivity index (χ4v) is 3.70. The van der Waals surface area contributed by atoms with Gasteiger partial charge in [0.05, 0.1) is 17.7 Å². The molecule has 0 radical (unpaired) electrons. The number of methoxy groups -OCH3 is 1. The highest BCUT2D eigenvalue weighted by Crippen LogP contribution is 2.29. The first kappa shape index (κ1) is 17.0. The Balaban J connectivity index is 1.87. The SMILES string of the molecule is COc1ccc(S(=O)(=O)NC2CC2)cc1NC(=O)c1ccc(Br)o1. The highest BCUT2D eigenvalue weighted by Gasteiger charge is 2.28. The van der Waals surface area contributed by atoms with Crippen molar-refractivity contribution < 1.29 is 22.4 Å². The van der Waals surface area contributed by atoms with Crippen LogP contribution in [0.25, 0.3) is 0 Å². The molecule has 1 amide bonds. The molecule has 7 nitrogen and oxygen atoms in total. The molecule has 0 aliphatic heterocycles. The van der Waals surface area contributed by atoms with Gasteiger partial charge in [-0.25, -0.2) is 13.1 Å². The van der Waals surface area contributed by atoms with Gasteiger partial charge in [-0.05, 0) is 59.1 Å². The van der Waals surface area contributed by atoms with E-state index in [0.29, 0.717) is 10.4 Å². The van der Waals surface area contributed by atoms with Gasteiger partial charge >= 0.3 is 0 Å². The number of amides is 1. The standard InChI is InChI=1S/C15H15BrN2O5S/c1-22-12-5-4-10(24(20,21)18-9-2-3-9)8-11(12)17-15(19)13-6-7-14(16)23-13/h4-9,18H,2-3H2,1H3,(H,17,19). The van der Waals surface area contributed by atoms with Crippen molar-refractivity contribution in [3.8, 4) is 5.75 Å². The number of nitrogens with one attached hydrogen (secondary N) is 2. The first-order chi connectivity index (χ1) is 11.4. The van der Waals surface area contributed by atoms with Gasteiger partial charge in [-0.1, -0.05) is 0 Å². The molecule has 128 valence electrons. The number of sulfonamides is 1. The van der Waals surface area contributed by atoms with E-state index in [-0.39, 0.29) is 22.4 Å². The van der Waals surface area contributed by atoms with Crippen molar-refractivity contribution >= 4 is 37.5 Å². The number of hydrogen-bond acceptors (Lipinski definition) is 5. The largest absolute Gasteiger partial charge is 0.495 e. The monoisotopic (exact) mass is 414 g/mol. The Kier molecular flexibility index (Phi) is 4.66. The summed E-state index contributed by atoms with van der Waals surface area (Å²) in [7, 11) is -2.19. The molecule has 0 spiro atoms. The van der Waals surface area contributed by atoms with Crippen LogP contribution in [-0.2, 0) is 10.0 Å². The predicted molar refractivity (Wildman–Crippen MR) is 90.7 cm³/mol. The minimum atomic E-state index is -3.63. The molecule has 9 heteroatoms. The minimum Gasteiger partial charge on any atom is -0.495 e. The van der Waals surface area contributed by atoms with E-state index in [0.717, 1.165) is 12.8 Å². The zero-order valence-corrected chi connectivity index (χ0v) is 15.1. The number of rotatable bonds is 6. The quantitative estimate of drug-likeness (QED) is 0.756. The van der Waals surface area contributed by atoms with Crippen molar-refractivity contribution in [2.75, 3.05) is 12.4 Å². The molecule has 1 aliphatic rings. The summed E-state index contributed by atoms with van der Waals surface area (Å²) in [5, 5.41) is 2.60. The van der Waals surface area contributed by atoms with Crippen LogP contribution in [0.15, 0.2) is 44.3 Å². The predicted octanol–water partition coefficient (Wildman–Crippen LogP) is 2.74. The molecule has 0 saturated heterocycles. The van der Waals surface area contributed by atoms with Crippen LogP contribution in [0.5, 0.6) is 5.75 Å². The number of anilines is 1. The molecule has 1 aromatic carbocycles. The van der Waals surface area contributed by atoms with Gasteiger partial charge in [0.15, 0.2) is 10.4 Å². The Morgan fingerprint density at radius 1 is 1.29 bits per heavy atom. The lowest BCUT2D eigenvalue weighted by atomic mass is 10.3. The second-order valence-corrected chi connectivity index (χ2v) is 7.81. The summed E-state index contributed by atoms with van der Waals surface area (Å²) in [6.45, 7) is 0. The van der Waals surface area contributed by atoms with E-state index >= 15 is 0 Å². The Hall–Kier alpha value is -1.84. The topological polar surface area (TPSA) is 97.6 Å². The average molecular weight is 415 g/mol. The number of ether oxygens (including phenoxy) is 1. The zero-order chi connectivity index (χ0) is 17.3. The van der Waals surface area contributed by atoms with Crippen molar-refractivity contribution in [2.45, 2.75) is 23.8 Å². The van der Waals surface area contributed by atoms with Crippen molar-refractivity contribution in [1.29, 1.82) is 0 Å². The van der Waals surface area contributed by atoms with Gasteiger partial charge in [-0.15, -0.1) is 0 Å². The number of hydrogen-bond donors (Lipinski definition) is 2. The Morgan fingerprint density at radius 3 is 2.62 bits per heavy atom. The summed E-state index contributed by atoms with van der Waals surface area (Å²) in [6.07, 6.45) is 1.68. The second-order valence-electron chi connectivity index (χ2n) is 5.32. The molecule has 2 aromatic rings. The van der Waals surface area contributed by atoms with Gasteiger partial charge in [-0.2, -0.15) is 0 Å². The van der Waals surface area contributed by atoms with Crippen LogP contribution in [0, 0.1) is 0 Å². The molecule has 24 heavy (non-hydrogen) atoms. The van der Waals surface area contributed by atoms with Gasteiger partial charge < -0.3 is 14.5 Å². The molecular formula is C15H15BrN2O5S. The zero-order valence-electron chi connectivity index (χ0n) is 12.7. The lowest BCUT2D eigenvalue weighted by molar-refractivity contribution is 0.0995. The molecule has 1 fully saturated rings. The normalized spacial score (nSPS) is 14.4. The smallest absolute Gasteiger partial charge is 0.291 e. The van der Waals surface area contributed by atoms with E-state index in [4.69, 9.17) is 9.15 Å². The van der Waals surface area contributed by atoms with Crippen LogP contribution in [0.2, 0.25) is 0 Å². The highest BCUT2D eigenvalue weighted by atomic mass is 79.9. The van der Waals surface area contributed by atoms with E-state index < -0.39 is 15.9 Å². The van der Waals surface area contributed by atoms with E-state index in [9.17, 15) is 13.2 Å². The van der Waals surface area contributed by atoms with E-state index in [1.165, 1.54) is 31.4 Å². The second kappa shape index (κ2) is 6.58. The molecule has 1 aromatic heterocycles. The van der Waals surface area contributed by atoms with Crippen LogP contribution < -0.4 is 14.8 Å². The lowest BCUT2D eigenvalue weighted by Gasteiger charge is -2.12. The molecule has 1 aliphatic carbocycles. The van der Waals surface area contributed by atoms with Crippen molar-refractivity contribution in [3.63, 3.8) is 0 Å². The lowest BCUT2D eigenvalue weighted by Crippen LogP contribution is -2.25. The molecule has 0 atom stereocenters. The average Bonchev–Trinajstić information content (AvgIpc) is 3.23. The molecule has 0 unspecified atom stereocenters. The first-order valence-electron chi connectivity index (χ1n) is 7.16. The molecule has 0 bridgehead atoms. The van der Waals surface area contributed by atoms with Crippen LogP contribution in [0.1, 0.15) is 23.4 Å². The fraction of sp³-hybridized carbons (Fsp3) is 0.267. The van der Waals surface area contributed by atoms with Crippen LogP contribution in [0.3, 0.4) is 0 Å². The third-order valence-corrected chi connectivity index (χ3v) is 5.37. The van der Waals surface area contributed by atoms with Crippen molar-refractivity contribution in [3.05, 3.63) is 40.8 Å². The number of furan rings is 1. The fourth-order valence-electron chi connectivity index (χ4n) is 2.06. The molecule has 2 N–H and O–H groups in total. The summed E-state index contributed by atoms with van der Waals surface area (Å²) in [6, 6.07) is 7.38. The third kappa shape index (κ3) is 3.80. The van der Waals surface area contributed by atoms with E-state index in [1.54, 1.807) is 6.07 Å². The van der Waals surface area contributed by atoms with Gasteiger partial charge in [-0.3, -0.25) is 4.79 Å². The van der Waals surface area contributed by atoms with Crippen LogP contribution in [0.4, 0.5) is 5.69 Å². The maximum atomic E-state index is 12.3. The minimum absolute atomic E-state index is 0.00406. The molecule has 1 heterocycles. The molecule has 1 saturated carbocycles. The van der Waals surface area contributed by atoms with Gasteiger partial charge in [0.2, 0.25) is 10.0 Å². The highest BCUT2D eigenvalue weighted by molar-refractivity contribution is 9.10. The summed E-state index contributed by atoms with van der Waals surface area (Å²) >= 11 is 3.12. The number of carbonyl (C=O) groups is 1. The van der Waals surface area contributed by atoms with E-state index in [2.05, 4.69) is 26.0 Å². The number of benzene rings is 1. The number of carbonyl (C=O) groups excluding carboxylic acids is 1. The molecular weight excluding hydrogens is 400 g/mol. The summed E-state index contributed by atoms with van der Waals surface area (Å²) in [5.41, 5.74) is 0.244. The number of halogens is 1. The Bertz CT molecular complexity index is 874. The van der Waals surface area contributed by atoms with Crippen LogP contribution in [-0.4, -0.2) is 27.5 Å². The maximum absolute atomic E-state index is 12.3. The Labute approximate surface area is 147 Å². The summed E-state index contributed by atoms with van der Waals surface area (Å²) in [5.74, 6) is -0.0728. The summed E-state index contributed by atoms with van der Waals surface area (Å²) < 4.78 is 38.0. The van der Waals surface area contributed by atoms with Gasteiger partial charge in [0.25, 0.3) is 5.91 Å². The van der Waals surface area contributed by atoms with E-state index in [1.807, 2.05) is 0 Å². The maximum Gasteiger partial charge on any atom is 0.291 e. The Morgan fingerprint density at radius 2 is 2.04 bits per heavy atom. The van der Waals surface area contributed by atoms with Gasteiger partial charge in [0, 0.05) is 6.04 Å². The van der Waals surface area contributed by atoms with Gasteiger partial charge in [0.1, 0.15) is 5.75 Å². The van der Waals surface area contributed by atoms with Crippen molar-refractivity contribution in [1.82, 2.24) is 4.72 Å². The third-order valence-electron chi connectivity index (χ3n) is 3.43. The first-order valence-corrected chi connectivity index (χ1v) is 9.44. The molecule has 3 rings (SSSR count).